The van der Waals surface area contributed by atoms with Crippen LogP contribution in [0.5, 0.6) is 0 Å². The number of carbonyl (C=O) groups excluding carboxylic acids is 2. The van der Waals surface area contributed by atoms with Crippen molar-refractivity contribution < 1.29 is 23.9 Å². The molecule has 1 unspecified atom stereocenters. The van der Waals surface area contributed by atoms with Gasteiger partial charge in [0.2, 0.25) is 0 Å². The highest BCUT2D eigenvalue weighted by atomic mass is 16.4. The van der Waals surface area contributed by atoms with E-state index in [1.54, 1.807) is 30.3 Å². The lowest BCUT2D eigenvalue weighted by Crippen LogP contribution is -2.43. The minimum Gasteiger partial charge on any atom is -0.479 e. The highest BCUT2D eigenvalue weighted by Gasteiger charge is 2.23. The van der Waals surface area contributed by atoms with Gasteiger partial charge in [0.1, 0.15) is 0 Å². The van der Waals surface area contributed by atoms with Crippen LogP contribution in [-0.4, -0.2) is 23.0 Å². The number of rotatable bonds is 4. The molecule has 7 nitrogen and oxygen atoms in total. The van der Waals surface area contributed by atoms with E-state index in [0.717, 1.165) is 0 Å². The summed E-state index contributed by atoms with van der Waals surface area (Å²) in [5.41, 5.74) is 0.394. The van der Waals surface area contributed by atoms with Gasteiger partial charge in [0.25, 0.3) is 5.91 Å². The highest BCUT2D eigenvalue weighted by Crippen LogP contribution is 2.12. The van der Waals surface area contributed by atoms with Crippen LogP contribution in [0.25, 0.3) is 0 Å². The average Bonchev–Trinajstić information content (AvgIpc) is 2.99. The van der Waals surface area contributed by atoms with Crippen LogP contribution in [0.3, 0.4) is 0 Å². The fourth-order valence-corrected chi connectivity index (χ4v) is 1.67. The molecule has 2 rings (SSSR count). The molecule has 0 bridgehead atoms. The molecular formula is C14H12N2O5. The SMILES string of the molecule is O=C(NC(=O)c1ccco1)NC(C(=O)O)c1ccccc1. The Kier molecular flexibility index (Phi) is 4.35. The molecule has 1 aromatic heterocycles. The third kappa shape index (κ3) is 3.69. The maximum atomic E-state index is 11.7. The summed E-state index contributed by atoms with van der Waals surface area (Å²) in [5, 5.41) is 13.4. The van der Waals surface area contributed by atoms with Crippen molar-refractivity contribution in [2.24, 2.45) is 0 Å². The number of carboxylic acid groups (broad SMARTS) is 1. The van der Waals surface area contributed by atoms with Crippen LogP contribution in [0.4, 0.5) is 4.79 Å². The minimum atomic E-state index is -1.25. The number of aliphatic carboxylic acids is 1. The molecule has 1 aromatic carbocycles. The third-order valence-electron chi connectivity index (χ3n) is 2.63. The monoisotopic (exact) mass is 288 g/mol. The van der Waals surface area contributed by atoms with Crippen molar-refractivity contribution in [3.63, 3.8) is 0 Å². The van der Waals surface area contributed by atoms with Gasteiger partial charge in [-0.3, -0.25) is 10.1 Å². The van der Waals surface area contributed by atoms with Crippen LogP contribution in [0, 0.1) is 0 Å². The van der Waals surface area contributed by atoms with Gasteiger partial charge in [-0.1, -0.05) is 30.3 Å². The Balaban J connectivity index is 2.03. The van der Waals surface area contributed by atoms with Gasteiger partial charge in [-0.15, -0.1) is 0 Å². The number of carbonyl (C=O) groups is 3. The summed E-state index contributed by atoms with van der Waals surface area (Å²) in [6.07, 6.45) is 1.29. The molecule has 0 radical (unpaired) electrons. The number of urea groups is 1. The Labute approximate surface area is 119 Å². The molecule has 0 aliphatic carbocycles. The van der Waals surface area contributed by atoms with E-state index < -0.39 is 23.9 Å². The molecule has 0 aliphatic heterocycles. The van der Waals surface area contributed by atoms with Crippen LogP contribution in [0.1, 0.15) is 22.2 Å². The molecule has 0 aliphatic rings. The second kappa shape index (κ2) is 6.38. The second-order valence-corrected chi connectivity index (χ2v) is 4.09. The Morgan fingerprint density at radius 2 is 1.76 bits per heavy atom. The van der Waals surface area contributed by atoms with Crippen molar-refractivity contribution in [2.45, 2.75) is 6.04 Å². The zero-order chi connectivity index (χ0) is 15.2. The Morgan fingerprint density at radius 1 is 1.05 bits per heavy atom. The predicted molar refractivity (Wildman–Crippen MR) is 71.5 cm³/mol. The van der Waals surface area contributed by atoms with E-state index in [-0.39, 0.29) is 5.76 Å². The molecule has 3 N–H and O–H groups in total. The molecule has 3 amide bonds. The van der Waals surface area contributed by atoms with Gasteiger partial charge >= 0.3 is 12.0 Å². The number of carboxylic acids is 1. The van der Waals surface area contributed by atoms with Gasteiger partial charge in [-0.05, 0) is 17.7 Å². The lowest BCUT2D eigenvalue weighted by Gasteiger charge is -2.14. The molecule has 1 atom stereocenters. The molecule has 0 fully saturated rings. The van der Waals surface area contributed by atoms with Crippen molar-refractivity contribution in [3.8, 4) is 0 Å². The van der Waals surface area contributed by atoms with Crippen molar-refractivity contribution in [2.75, 3.05) is 0 Å². The fraction of sp³-hybridized carbons (Fsp3) is 0.0714. The summed E-state index contributed by atoms with van der Waals surface area (Å²) in [7, 11) is 0. The Hall–Kier alpha value is -3.09. The molecule has 0 saturated carbocycles. The number of imide groups is 1. The lowest BCUT2D eigenvalue weighted by atomic mass is 10.1. The second-order valence-electron chi connectivity index (χ2n) is 4.09. The highest BCUT2D eigenvalue weighted by molar-refractivity contribution is 6.03. The fourth-order valence-electron chi connectivity index (χ4n) is 1.67. The topological polar surface area (TPSA) is 109 Å². The quantitative estimate of drug-likeness (QED) is 0.790. The zero-order valence-electron chi connectivity index (χ0n) is 10.8. The number of hydrogen-bond acceptors (Lipinski definition) is 4. The Morgan fingerprint density at radius 3 is 2.33 bits per heavy atom. The number of nitrogens with one attached hydrogen (secondary N) is 2. The van der Waals surface area contributed by atoms with E-state index >= 15 is 0 Å². The van der Waals surface area contributed by atoms with Crippen LogP contribution in [0.15, 0.2) is 53.1 Å². The van der Waals surface area contributed by atoms with E-state index in [1.165, 1.54) is 18.4 Å². The first-order chi connectivity index (χ1) is 10.1. The third-order valence-corrected chi connectivity index (χ3v) is 2.63. The maximum absolute atomic E-state index is 11.7. The molecule has 0 saturated heterocycles. The van der Waals surface area contributed by atoms with Crippen molar-refractivity contribution in [1.82, 2.24) is 10.6 Å². The summed E-state index contributed by atoms with van der Waals surface area (Å²) in [4.78, 5) is 34.5. The van der Waals surface area contributed by atoms with E-state index in [0.29, 0.717) is 5.56 Å². The smallest absolute Gasteiger partial charge is 0.330 e. The summed E-state index contributed by atoms with van der Waals surface area (Å²) in [6, 6.07) is 8.86. The standard InChI is InChI=1S/C14H12N2O5/c17-12(10-7-4-8-21-10)16-14(20)15-11(13(18)19)9-5-2-1-3-6-9/h1-8,11H,(H,18,19)(H2,15,16,17,20). The first-order valence-corrected chi connectivity index (χ1v) is 6.01. The predicted octanol–water partition coefficient (Wildman–Crippen LogP) is 1.54. The normalized spacial score (nSPS) is 11.4. The molecular weight excluding hydrogens is 276 g/mol. The van der Waals surface area contributed by atoms with Gasteiger partial charge in [0.05, 0.1) is 6.26 Å². The average molecular weight is 288 g/mol. The van der Waals surface area contributed by atoms with E-state index in [4.69, 9.17) is 9.52 Å². The molecule has 108 valence electrons. The van der Waals surface area contributed by atoms with Crippen LogP contribution in [0.2, 0.25) is 0 Å². The first kappa shape index (κ1) is 14.3. The van der Waals surface area contributed by atoms with Gasteiger partial charge in [-0.2, -0.15) is 0 Å². The molecule has 7 heteroatoms. The van der Waals surface area contributed by atoms with Crippen molar-refractivity contribution in [3.05, 3.63) is 60.1 Å². The largest absolute Gasteiger partial charge is 0.479 e. The number of benzene rings is 1. The molecule has 2 aromatic rings. The number of amides is 3. The molecule has 1 heterocycles. The number of hydrogen-bond donors (Lipinski definition) is 3. The van der Waals surface area contributed by atoms with E-state index in [2.05, 4.69) is 5.32 Å². The molecule has 0 spiro atoms. The van der Waals surface area contributed by atoms with Gasteiger partial charge in [0, 0.05) is 0 Å². The first-order valence-electron chi connectivity index (χ1n) is 6.01. The van der Waals surface area contributed by atoms with Gasteiger partial charge in [0.15, 0.2) is 11.8 Å². The summed E-state index contributed by atoms with van der Waals surface area (Å²) in [5.74, 6) is -2.03. The molecule has 21 heavy (non-hydrogen) atoms. The van der Waals surface area contributed by atoms with E-state index in [1.807, 2.05) is 5.32 Å². The summed E-state index contributed by atoms with van der Waals surface area (Å²) >= 11 is 0. The zero-order valence-corrected chi connectivity index (χ0v) is 10.8. The minimum absolute atomic E-state index is 0.0447. The van der Waals surface area contributed by atoms with Crippen LogP contribution < -0.4 is 10.6 Å². The van der Waals surface area contributed by atoms with Crippen molar-refractivity contribution >= 4 is 17.9 Å². The van der Waals surface area contributed by atoms with Crippen LogP contribution in [-0.2, 0) is 4.79 Å². The number of furan rings is 1. The van der Waals surface area contributed by atoms with Gasteiger partial charge < -0.3 is 14.8 Å². The summed E-state index contributed by atoms with van der Waals surface area (Å²) in [6.45, 7) is 0. The van der Waals surface area contributed by atoms with Gasteiger partial charge in [-0.25, -0.2) is 9.59 Å². The lowest BCUT2D eigenvalue weighted by molar-refractivity contribution is -0.139. The summed E-state index contributed by atoms with van der Waals surface area (Å²) < 4.78 is 4.82. The maximum Gasteiger partial charge on any atom is 0.330 e. The Bertz CT molecular complexity index is 637. The van der Waals surface area contributed by atoms with E-state index in [9.17, 15) is 14.4 Å². The van der Waals surface area contributed by atoms with Crippen molar-refractivity contribution in [1.29, 1.82) is 0 Å². The van der Waals surface area contributed by atoms with Crippen LogP contribution >= 0.6 is 0 Å².